The second-order valence-corrected chi connectivity index (χ2v) is 7.95. The van der Waals surface area contributed by atoms with Gasteiger partial charge in [0, 0.05) is 32.1 Å². The van der Waals surface area contributed by atoms with Gasteiger partial charge in [-0.3, -0.25) is 4.79 Å². The fourth-order valence-corrected chi connectivity index (χ4v) is 4.35. The third-order valence-electron chi connectivity index (χ3n) is 5.76. The Morgan fingerprint density at radius 1 is 1.05 bits per heavy atom. The van der Waals surface area contributed by atoms with Gasteiger partial charge in [-0.1, -0.05) is 12.8 Å². The van der Waals surface area contributed by atoms with Crippen molar-refractivity contribution in [3.05, 3.63) is 0 Å². The van der Waals surface area contributed by atoms with Gasteiger partial charge in [0.15, 0.2) is 0 Å². The summed E-state index contributed by atoms with van der Waals surface area (Å²) in [4.78, 5) is 13.5. The zero-order valence-electron chi connectivity index (χ0n) is 13.8. The van der Waals surface area contributed by atoms with Crippen LogP contribution in [0.15, 0.2) is 0 Å². The standard InChI is InChI=1S/C18H32N2O2/c21-18(22)8-7-16-9-17(19-10-14-3-1-2-4-14)13-20(12-16)11-15-5-6-15/h14-17,19H,1-13H2,(H,21,22). The number of carboxylic acids is 1. The van der Waals surface area contributed by atoms with E-state index in [-0.39, 0.29) is 0 Å². The molecule has 3 fully saturated rings. The first-order valence-corrected chi connectivity index (χ1v) is 9.36. The molecule has 2 N–H and O–H groups in total. The van der Waals surface area contributed by atoms with Crippen molar-refractivity contribution in [3.63, 3.8) is 0 Å². The van der Waals surface area contributed by atoms with E-state index >= 15 is 0 Å². The molecule has 3 rings (SSSR count). The summed E-state index contributed by atoms with van der Waals surface area (Å²) in [5.74, 6) is 1.73. The van der Waals surface area contributed by atoms with Gasteiger partial charge < -0.3 is 15.3 Å². The molecule has 0 aromatic heterocycles. The third kappa shape index (κ3) is 5.24. The highest BCUT2D eigenvalue weighted by molar-refractivity contribution is 5.66. The van der Waals surface area contributed by atoms with Crippen molar-refractivity contribution in [2.24, 2.45) is 17.8 Å². The highest BCUT2D eigenvalue weighted by Gasteiger charge is 2.31. The minimum Gasteiger partial charge on any atom is -0.481 e. The average molecular weight is 308 g/mol. The number of rotatable bonds is 8. The van der Waals surface area contributed by atoms with Gasteiger partial charge in [-0.05, 0) is 62.8 Å². The lowest BCUT2D eigenvalue weighted by atomic mass is 9.89. The van der Waals surface area contributed by atoms with Crippen LogP contribution in [0.5, 0.6) is 0 Å². The van der Waals surface area contributed by atoms with Gasteiger partial charge in [-0.15, -0.1) is 0 Å². The summed E-state index contributed by atoms with van der Waals surface area (Å²) in [5, 5.41) is 12.8. The second-order valence-electron chi connectivity index (χ2n) is 7.95. The van der Waals surface area contributed by atoms with Gasteiger partial charge in [0.2, 0.25) is 0 Å². The van der Waals surface area contributed by atoms with Crippen LogP contribution < -0.4 is 5.32 Å². The quantitative estimate of drug-likeness (QED) is 0.724. The van der Waals surface area contributed by atoms with Crippen LogP contribution in [0.3, 0.4) is 0 Å². The van der Waals surface area contributed by atoms with Crippen molar-refractivity contribution in [3.8, 4) is 0 Å². The van der Waals surface area contributed by atoms with Crippen molar-refractivity contribution >= 4 is 5.97 Å². The number of piperidine rings is 1. The van der Waals surface area contributed by atoms with Crippen LogP contribution in [0.1, 0.15) is 57.8 Å². The SMILES string of the molecule is O=C(O)CCC1CC(NCC2CCCC2)CN(CC2CC2)C1. The van der Waals surface area contributed by atoms with Crippen LogP contribution in [0.2, 0.25) is 0 Å². The van der Waals surface area contributed by atoms with Crippen LogP contribution in [-0.2, 0) is 4.79 Å². The Bertz CT molecular complexity index is 364. The predicted octanol–water partition coefficient (Wildman–Crippen LogP) is 2.73. The van der Waals surface area contributed by atoms with E-state index < -0.39 is 5.97 Å². The molecule has 126 valence electrons. The molecule has 0 spiro atoms. The Hall–Kier alpha value is -0.610. The van der Waals surface area contributed by atoms with E-state index in [9.17, 15) is 4.79 Å². The van der Waals surface area contributed by atoms with E-state index in [0.717, 1.165) is 24.8 Å². The topological polar surface area (TPSA) is 52.6 Å². The molecule has 1 saturated heterocycles. The average Bonchev–Trinajstić information content (AvgIpc) is 3.14. The summed E-state index contributed by atoms with van der Waals surface area (Å²) >= 11 is 0. The molecule has 0 bridgehead atoms. The number of carboxylic acid groups (broad SMARTS) is 1. The second kappa shape index (κ2) is 7.78. The maximum absolute atomic E-state index is 10.9. The smallest absolute Gasteiger partial charge is 0.303 e. The fraction of sp³-hybridized carbons (Fsp3) is 0.944. The van der Waals surface area contributed by atoms with E-state index in [4.69, 9.17) is 5.11 Å². The molecule has 4 heteroatoms. The molecule has 22 heavy (non-hydrogen) atoms. The highest BCUT2D eigenvalue weighted by Crippen LogP contribution is 2.32. The molecule has 2 aliphatic carbocycles. The van der Waals surface area contributed by atoms with Crippen molar-refractivity contribution in [1.29, 1.82) is 0 Å². The summed E-state index contributed by atoms with van der Waals surface area (Å²) in [5.41, 5.74) is 0. The molecule has 1 aliphatic heterocycles. The lowest BCUT2D eigenvalue weighted by molar-refractivity contribution is -0.137. The Labute approximate surface area is 134 Å². The summed E-state index contributed by atoms with van der Waals surface area (Å²) in [7, 11) is 0. The zero-order chi connectivity index (χ0) is 15.4. The summed E-state index contributed by atoms with van der Waals surface area (Å²) in [6, 6.07) is 0.576. The molecule has 3 aliphatic rings. The Morgan fingerprint density at radius 3 is 2.50 bits per heavy atom. The minimum atomic E-state index is -0.644. The fourth-order valence-electron chi connectivity index (χ4n) is 4.35. The van der Waals surface area contributed by atoms with Gasteiger partial charge in [-0.2, -0.15) is 0 Å². The number of likely N-dealkylation sites (tertiary alicyclic amines) is 1. The van der Waals surface area contributed by atoms with E-state index in [1.807, 2.05) is 0 Å². The molecule has 2 saturated carbocycles. The van der Waals surface area contributed by atoms with Gasteiger partial charge in [0.1, 0.15) is 0 Å². The normalized spacial score (nSPS) is 30.7. The molecule has 2 unspecified atom stereocenters. The molecule has 0 aromatic carbocycles. The number of hydrogen-bond donors (Lipinski definition) is 2. The summed E-state index contributed by atoms with van der Waals surface area (Å²) in [6.07, 6.45) is 10.8. The maximum atomic E-state index is 10.9. The lowest BCUT2D eigenvalue weighted by Gasteiger charge is -2.38. The molecule has 0 amide bonds. The number of aliphatic carboxylic acids is 1. The first-order chi connectivity index (χ1) is 10.7. The third-order valence-corrected chi connectivity index (χ3v) is 5.76. The van der Waals surface area contributed by atoms with Crippen molar-refractivity contribution < 1.29 is 9.90 Å². The molecule has 2 atom stereocenters. The van der Waals surface area contributed by atoms with E-state index in [0.29, 0.717) is 18.4 Å². The molecule has 4 nitrogen and oxygen atoms in total. The Kier molecular flexibility index (Phi) is 5.75. The number of carbonyl (C=O) groups is 1. The molecule has 0 aromatic rings. The van der Waals surface area contributed by atoms with Gasteiger partial charge in [-0.25, -0.2) is 0 Å². The number of nitrogens with one attached hydrogen (secondary N) is 1. The van der Waals surface area contributed by atoms with E-state index in [1.165, 1.54) is 64.6 Å². The van der Waals surface area contributed by atoms with Crippen LogP contribution in [0, 0.1) is 17.8 Å². The monoisotopic (exact) mass is 308 g/mol. The maximum Gasteiger partial charge on any atom is 0.303 e. The molecule has 1 heterocycles. The number of nitrogens with zero attached hydrogens (tertiary/aromatic N) is 1. The summed E-state index contributed by atoms with van der Waals surface area (Å²) < 4.78 is 0. The van der Waals surface area contributed by atoms with Crippen molar-refractivity contribution in [2.75, 3.05) is 26.2 Å². The van der Waals surface area contributed by atoms with E-state index in [1.54, 1.807) is 0 Å². The zero-order valence-corrected chi connectivity index (χ0v) is 13.8. The molecule has 0 radical (unpaired) electrons. The van der Waals surface area contributed by atoms with Crippen LogP contribution in [0.4, 0.5) is 0 Å². The number of hydrogen-bond acceptors (Lipinski definition) is 3. The highest BCUT2D eigenvalue weighted by atomic mass is 16.4. The van der Waals surface area contributed by atoms with Gasteiger partial charge >= 0.3 is 5.97 Å². The Balaban J connectivity index is 1.47. The first kappa shape index (κ1) is 16.3. The van der Waals surface area contributed by atoms with Gasteiger partial charge in [0.25, 0.3) is 0 Å². The summed E-state index contributed by atoms with van der Waals surface area (Å²) in [6.45, 7) is 4.71. The molecular formula is C18H32N2O2. The largest absolute Gasteiger partial charge is 0.481 e. The first-order valence-electron chi connectivity index (χ1n) is 9.36. The van der Waals surface area contributed by atoms with Crippen LogP contribution in [-0.4, -0.2) is 48.2 Å². The van der Waals surface area contributed by atoms with Crippen molar-refractivity contribution in [2.45, 2.75) is 63.8 Å². The van der Waals surface area contributed by atoms with Crippen molar-refractivity contribution in [1.82, 2.24) is 10.2 Å². The lowest BCUT2D eigenvalue weighted by Crippen LogP contribution is -2.50. The predicted molar refractivity (Wildman–Crippen MR) is 87.9 cm³/mol. The van der Waals surface area contributed by atoms with Gasteiger partial charge in [0.05, 0.1) is 0 Å². The van der Waals surface area contributed by atoms with Crippen LogP contribution >= 0.6 is 0 Å². The molecular weight excluding hydrogens is 276 g/mol. The minimum absolute atomic E-state index is 0.331. The Morgan fingerprint density at radius 2 is 1.82 bits per heavy atom. The van der Waals surface area contributed by atoms with E-state index in [2.05, 4.69) is 10.2 Å². The van der Waals surface area contributed by atoms with Crippen LogP contribution in [0.25, 0.3) is 0 Å².